The minimum atomic E-state index is 0.586. The van der Waals surface area contributed by atoms with E-state index in [9.17, 15) is 0 Å². The Bertz CT molecular complexity index is 3140. The fraction of sp³-hybridized carbons (Fsp3) is 0. The van der Waals surface area contributed by atoms with E-state index in [1.165, 1.54) is 31.3 Å². The van der Waals surface area contributed by atoms with Gasteiger partial charge in [-0.1, -0.05) is 115 Å². The second kappa shape index (κ2) is 12.3. The second-order valence-corrected chi connectivity index (χ2v) is 14.6. The van der Waals surface area contributed by atoms with Crippen molar-refractivity contribution in [1.82, 2.24) is 4.98 Å². The van der Waals surface area contributed by atoms with Crippen molar-refractivity contribution in [2.24, 2.45) is 0 Å². The van der Waals surface area contributed by atoms with Crippen molar-refractivity contribution in [1.29, 1.82) is 0 Å². The van der Waals surface area contributed by atoms with Crippen molar-refractivity contribution < 1.29 is 8.83 Å². The number of thiophene rings is 1. The molecule has 4 nitrogen and oxygen atoms in total. The monoisotopic (exact) mass is 710 g/mol. The number of furan rings is 1. The molecule has 254 valence electrons. The Hall–Kier alpha value is -6.95. The molecule has 0 fully saturated rings. The van der Waals surface area contributed by atoms with Gasteiger partial charge in [0.1, 0.15) is 16.7 Å². The summed E-state index contributed by atoms with van der Waals surface area (Å²) in [5.74, 6) is 0.586. The molecule has 0 bridgehead atoms. The summed E-state index contributed by atoms with van der Waals surface area (Å²) in [6.07, 6.45) is 0. The van der Waals surface area contributed by atoms with Crippen LogP contribution in [0.25, 0.3) is 86.9 Å². The van der Waals surface area contributed by atoms with Crippen LogP contribution in [0.2, 0.25) is 0 Å². The Morgan fingerprint density at radius 2 is 1.09 bits per heavy atom. The predicted molar refractivity (Wildman–Crippen MR) is 225 cm³/mol. The van der Waals surface area contributed by atoms with Crippen LogP contribution in [0.15, 0.2) is 191 Å². The quantitative estimate of drug-likeness (QED) is 0.172. The number of aromatic nitrogens is 1. The second-order valence-electron chi connectivity index (χ2n) is 13.5. The summed E-state index contributed by atoms with van der Waals surface area (Å²) in [5.41, 5.74) is 11.7. The van der Waals surface area contributed by atoms with Gasteiger partial charge in [0.05, 0.1) is 0 Å². The Morgan fingerprint density at radius 1 is 0.463 bits per heavy atom. The molecule has 0 aliphatic carbocycles. The molecule has 0 N–H and O–H groups in total. The molecule has 0 aliphatic heterocycles. The zero-order valence-electron chi connectivity index (χ0n) is 28.9. The fourth-order valence-corrected chi connectivity index (χ4v) is 9.05. The van der Waals surface area contributed by atoms with Crippen LogP contribution in [0.3, 0.4) is 0 Å². The third-order valence-electron chi connectivity index (χ3n) is 10.3. The van der Waals surface area contributed by atoms with E-state index >= 15 is 0 Å². The highest BCUT2D eigenvalue weighted by atomic mass is 32.1. The normalized spacial score (nSPS) is 11.7. The zero-order chi connectivity index (χ0) is 35.6. The molecule has 11 aromatic rings. The molecule has 8 aromatic carbocycles. The van der Waals surface area contributed by atoms with Gasteiger partial charge in [-0.05, 0) is 77.4 Å². The molecule has 54 heavy (non-hydrogen) atoms. The van der Waals surface area contributed by atoms with Gasteiger partial charge >= 0.3 is 0 Å². The molecule has 0 amide bonds. The van der Waals surface area contributed by atoms with E-state index in [0.717, 1.165) is 66.8 Å². The molecule has 0 aliphatic rings. The third kappa shape index (κ3) is 4.94. The van der Waals surface area contributed by atoms with Crippen LogP contribution >= 0.6 is 11.3 Å². The summed E-state index contributed by atoms with van der Waals surface area (Å²) in [6, 6.07) is 63.8. The number of hydrogen-bond donors (Lipinski definition) is 0. The van der Waals surface area contributed by atoms with Gasteiger partial charge in [0.2, 0.25) is 5.89 Å². The van der Waals surface area contributed by atoms with Crippen molar-refractivity contribution in [3.63, 3.8) is 0 Å². The first kappa shape index (κ1) is 30.7. The summed E-state index contributed by atoms with van der Waals surface area (Å²) in [7, 11) is 0. The van der Waals surface area contributed by atoms with E-state index in [2.05, 4.69) is 138 Å². The van der Waals surface area contributed by atoms with E-state index in [4.69, 9.17) is 13.8 Å². The first-order chi connectivity index (χ1) is 26.8. The Morgan fingerprint density at radius 3 is 1.87 bits per heavy atom. The minimum absolute atomic E-state index is 0.586. The largest absolute Gasteiger partial charge is 0.456 e. The molecule has 5 heteroatoms. The van der Waals surface area contributed by atoms with Crippen molar-refractivity contribution in [2.45, 2.75) is 0 Å². The molecule has 0 spiro atoms. The maximum absolute atomic E-state index is 6.61. The van der Waals surface area contributed by atoms with Gasteiger partial charge in [-0.25, -0.2) is 4.98 Å². The number of benzene rings is 8. The van der Waals surface area contributed by atoms with Gasteiger partial charge in [-0.15, -0.1) is 11.3 Å². The summed E-state index contributed by atoms with van der Waals surface area (Å²) in [4.78, 5) is 7.24. The molecular formula is C49H30N2O2S. The van der Waals surface area contributed by atoms with Crippen molar-refractivity contribution in [2.75, 3.05) is 4.90 Å². The molecule has 0 saturated heterocycles. The van der Waals surface area contributed by atoms with E-state index in [1.807, 2.05) is 59.9 Å². The predicted octanol–water partition coefficient (Wildman–Crippen LogP) is 14.6. The Labute approximate surface area is 314 Å². The van der Waals surface area contributed by atoms with Crippen molar-refractivity contribution in [3.8, 4) is 33.7 Å². The highest BCUT2D eigenvalue weighted by Crippen LogP contribution is 2.45. The number of hydrogen-bond acceptors (Lipinski definition) is 5. The summed E-state index contributed by atoms with van der Waals surface area (Å²) in [6.45, 7) is 0. The summed E-state index contributed by atoms with van der Waals surface area (Å²) >= 11 is 1.86. The minimum Gasteiger partial charge on any atom is -0.456 e. The lowest BCUT2D eigenvalue weighted by Gasteiger charge is -2.26. The lowest BCUT2D eigenvalue weighted by Crippen LogP contribution is -2.09. The summed E-state index contributed by atoms with van der Waals surface area (Å²) < 4.78 is 15.6. The molecular weight excluding hydrogens is 681 g/mol. The Kier molecular flexibility index (Phi) is 7.00. The first-order valence-electron chi connectivity index (χ1n) is 18.0. The fourth-order valence-electron chi connectivity index (χ4n) is 7.82. The average Bonchev–Trinajstić information content (AvgIpc) is 3.95. The van der Waals surface area contributed by atoms with Gasteiger partial charge in [0.25, 0.3) is 0 Å². The van der Waals surface area contributed by atoms with Gasteiger partial charge in [-0.3, -0.25) is 0 Å². The van der Waals surface area contributed by atoms with Crippen LogP contribution in [0.5, 0.6) is 0 Å². The number of oxazole rings is 1. The average molecular weight is 711 g/mol. The number of para-hydroxylation sites is 2. The molecule has 0 unspecified atom stereocenters. The number of fused-ring (bicyclic) bond motifs is 7. The van der Waals surface area contributed by atoms with Crippen LogP contribution in [0, 0.1) is 0 Å². The van der Waals surface area contributed by atoms with Gasteiger partial charge in [-0.2, -0.15) is 0 Å². The van der Waals surface area contributed by atoms with Gasteiger partial charge in [0.15, 0.2) is 5.58 Å². The van der Waals surface area contributed by atoms with Crippen LogP contribution in [-0.4, -0.2) is 4.98 Å². The molecule has 3 heterocycles. The van der Waals surface area contributed by atoms with Gasteiger partial charge < -0.3 is 13.7 Å². The van der Waals surface area contributed by atoms with Crippen molar-refractivity contribution >= 4 is 81.6 Å². The summed E-state index contributed by atoms with van der Waals surface area (Å²) in [5, 5.41) is 4.68. The highest BCUT2D eigenvalue weighted by Gasteiger charge is 2.22. The highest BCUT2D eigenvalue weighted by molar-refractivity contribution is 7.26. The molecule has 0 atom stereocenters. The standard InChI is InChI=1S/C49H30N2O2S/c1-3-12-33(13-4-1)49-50-41-30-43-46(40-17-7-9-20-42(40)52-43)45(47(41)53-49)32-24-28-36(29-25-32)51(34-14-5-2-6-15-34)35-26-22-31(23-27-35)37-18-11-19-39-38-16-8-10-21-44(38)54-48(37)39/h1-30H. The van der Waals surface area contributed by atoms with E-state index in [1.54, 1.807) is 0 Å². The topological polar surface area (TPSA) is 42.4 Å². The lowest BCUT2D eigenvalue weighted by atomic mass is 9.97. The van der Waals surface area contributed by atoms with Crippen LogP contribution in [-0.2, 0) is 0 Å². The number of rotatable bonds is 6. The number of anilines is 3. The first-order valence-corrected chi connectivity index (χ1v) is 18.8. The van der Waals surface area contributed by atoms with E-state index in [0.29, 0.717) is 5.89 Å². The van der Waals surface area contributed by atoms with Crippen LogP contribution in [0.1, 0.15) is 0 Å². The van der Waals surface area contributed by atoms with E-state index in [-0.39, 0.29) is 0 Å². The molecule has 11 rings (SSSR count). The Balaban J connectivity index is 1.03. The SMILES string of the molecule is c1ccc(-c2nc3cc4oc5ccccc5c4c(-c4ccc(N(c5ccccc5)c5ccc(-c6cccc7c6sc6ccccc67)cc5)cc4)c3o2)cc1. The number of nitrogens with zero attached hydrogens (tertiary/aromatic N) is 2. The zero-order valence-corrected chi connectivity index (χ0v) is 29.8. The van der Waals surface area contributed by atoms with Crippen LogP contribution < -0.4 is 4.90 Å². The molecule has 3 aromatic heterocycles. The van der Waals surface area contributed by atoms with Crippen LogP contribution in [0.4, 0.5) is 17.1 Å². The smallest absolute Gasteiger partial charge is 0.227 e. The maximum Gasteiger partial charge on any atom is 0.227 e. The third-order valence-corrected chi connectivity index (χ3v) is 11.5. The molecule has 0 saturated carbocycles. The molecule has 0 radical (unpaired) electrons. The lowest BCUT2D eigenvalue weighted by molar-refractivity contribution is 0.621. The van der Waals surface area contributed by atoms with Crippen molar-refractivity contribution in [3.05, 3.63) is 182 Å². The maximum atomic E-state index is 6.61. The van der Waals surface area contributed by atoms with E-state index < -0.39 is 0 Å². The van der Waals surface area contributed by atoms with Gasteiger partial charge in [0, 0.05) is 65.2 Å².